The highest BCUT2D eigenvalue weighted by Gasteiger charge is 2.42. The SMILES string of the molecule is CC[C@H]1C=CCC(C)C1(C)C(C)O. The summed E-state index contributed by atoms with van der Waals surface area (Å²) in [6.07, 6.45) is 6.58. The summed E-state index contributed by atoms with van der Waals surface area (Å²) >= 11 is 0. The van der Waals surface area contributed by atoms with Crippen LogP contribution in [0.1, 0.15) is 40.5 Å². The van der Waals surface area contributed by atoms with Gasteiger partial charge in [-0.1, -0.05) is 32.9 Å². The second kappa shape index (κ2) is 3.83. The van der Waals surface area contributed by atoms with E-state index in [-0.39, 0.29) is 11.5 Å². The van der Waals surface area contributed by atoms with E-state index in [1.165, 1.54) is 0 Å². The van der Waals surface area contributed by atoms with E-state index >= 15 is 0 Å². The lowest BCUT2D eigenvalue weighted by molar-refractivity contribution is -0.0270. The van der Waals surface area contributed by atoms with Crippen LogP contribution in [0.2, 0.25) is 0 Å². The predicted molar refractivity (Wildman–Crippen MR) is 56.5 cm³/mol. The first-order valence-electron chi connectivity index (χ1n) is 5.38. The second-order valence-corrected chi connectivity index (χ2v) is 4.62. The fourth-order valence-corrected chi connectivity index (χ4v) is 2.57. The smallest absolute Gasteiger partial charge is 0.0573 e. The number of allylic oxidation sites excluding steroid dienone is 2. The summed E-state index contributed by atoms with van der Waals surface area (Å²) in [5, 5.41) is 9.87. The molecule has 1 heteroatoms. The Balaban J connectivity index is 2.94. The highest BCUT2D eigenvalue weighted by Crippen LogP contribution is 2.45. The highest BCUT2D eigenvalue weighted by atomic mass is 16.3. The molecule has 76 valence electrons. The lowest BCUT2D eigenvalue weighted by atomic mass is 9.61. The molecule has 0 aliphatic heterocycles. The number of aliphatic hydroxyl groups is 1. The summed E-state index contributed by atoms with van der Waals surface area (Å²) in [6.45, 7) is 8.60. The molecule has 1 aliphatic rings. The minimum Gasteiger partial charge on any atom is -0.393 e. The average Bonchev–Trinajstić information content (AvgIpc) is 2.09. The summed E-state index contributed by atoms with van der Waals surface area (Å²) < 4.78 is 0. The van der Waals surface area contributed by atoms with Crippen LogP contribution in [0.5, 0.6) is 0 Å². The van der Waals surface area contributed by atoms with Gasteiger partial charge < -0.3 is 5.11 Å². The van der Waals surface area contributed by atoms with Crippen LogP contribution in [0.25, 0.3) is 0 Å². The summed E-state index contributed by atoms with van der Waals surface area (Å²) in [7, 11) is 0. The molecule has 4 atom stereocenters. The number of rotatable bonds is 2. The Morgan fingerprint density at radius 2 is 2.23 bits per heavy atom. The quantitative estimate of drug-likeness (QED) is 0.651. The summed E-state index contributed by atoms with van der Waals surface area (Å²) in [6, 6.07) is 0. The standard InChI is InChI=1S/C12H22O/c1-5-11-8-6-7-9(2)12(11,4)10(3)13/h6,8-11,13H,5,7H2,1-4H3/t9?,10?,11-,12?/m0/s1. The molecular formula is C12H22O. The third-order valence-corrected chi connectivity index (χ3v) is 4.06. The largest absolute Gasteiger partial charge is 0.393 e. The minimum absolute atomic E-state index is 0.0729. The Hall–Kier alpha value is -0.300. The molecule has 0 heterocycles. The molecule has 13 heavy (non-hydrogen) atoms. The first kappa shape index (κ1) is 10.8. The first-order chi connectivity index (χ1) is 6.03. The van der Waals surface area contributed by atoms with Crippen LogP contribution in [-0.2, 0) is 0 Å². The van der Waals surface area contributed by atoms with E-state index in [1.54, 1.807) is 0 Å². The molecule has 0 fully saturated rings. The van der Waals surface area contributed by atoms with E-state index in [2.05, 4.69) is 32.9 Å². The van der Waals surface area contributed by atoms with Gasteiger partial charge in [0.15, 0.2) is 0 Å². The van der Waals surface area contributed by atoms with Gasteiger partial charge in [-0.15, -0.1) is 0 Å². The normalized spacial score (nSPS) is 41.9. The van der Waals surface area contributed by atoms with Crippen molar-refractivity contribution >= 4 is 0 Å². The molecule has 0 amide bonds. The minimum atomic E-state index is -0.211. The number of hydrogen-bond acceptors (Lipinski definition) is 1. The topological polar surface area (TPSA) is 20.2 Å². The Bertz CT molecular complexity index is 195. The van der Waals surface area contributed by atoms with Crippen molar-refractivity contribution in [2.24, 2.45) is 17.3 Å². The van der Waals surface area contributed by atoms with Crippen LogP contribution in [0.15, 0.2) is 12.2 Å². The van der Waals surface area contributed by atoms with Crippen molar-refractivity contribution in [3.63, 3.8) is 0 Å². The molecule has 0 aromatic heterocycles. The lowest BCUT2D eigenvalue weighted by Gasteiger charge is -2.45. The third kappa shape index (κ3) is 1.67. The van der Waals surface area contributed by atoms with Gasteiger partial charge >= 0.3 is 0 Å². The molecule has 3 unspecified atom stereocenters. The molecular weight excluding hydrogens is 160 g/mol. The van der Waals surface area contributed by atoms with Gasteiger partial charge in [0.25, 0.3) is 0 Å². The molecule has 0 bridgehead atoms. The van der Waals surface area contributed by atoms with Crippen LogP contribution >= 0.6 is 0 Å². The van der Waals surface area contributed by atoms with E-state index in [0.29, 0.717) is 11.8 Å². The summed E-state index contributed by atoms with van der Waals surface area (Å²) in [4.78, 5) is 0. The van der Waals surface area contributed by atoms with Gasteiger partial charge in [-0.3, -0.25) is 0 Å². The van der Waals surface area contributed by atoms with Crippen LogP contribution < -0.4 is 0 Å². The van der Waals surface area contributed by atoms with Crippen molar-refractivity contribution in [3.05, 3.63) is 12.2 Å². The highest BCUT2D eigenvalue weighted by molar-refractivity contribution is 5.06. The van der Waals surface area contributed by atoms with E-state index in [9.17, 15) is 5.11 Å². The van der Waals surface area contributed by atoms with Gasteiger partial charge in [-0.25, -0.2) is 0 Å². The second-order valence-electron chi connectivity index (χ2n) is 4.62. The zero-order valence-corrected chi connectivity index (χ0v) is 9.25. The van der Waals surface area contributed by atoms with E-state index in [0.717, 1.165) is 12.8 Å². The van der Waals surface area contributed by atoms with E-state index < -0.39 is 0 Å². The Labute approximate surface area is 81.9 Å². The molecule has 1 aliphatic carbocycles. The Morgan fingerprint density at radius 3 is 2.62 bits per heavy atom. The molecule has 0 aromatic rings. The van der Waals surface area contributed by atoms with Crippen LogP contribution in [0, 0.1) is 17.3 Å². The molecule has 1 N–H and O–H groups in total. The fourth-order valence-electron chi connectivity index (χ4n) is 2.57. The zero-order chi connectivity index (χ0) is 10.1. The van der Waals surface area contributed by atoms with Gasteiger partial charge in [0.1, 0.15) is 0 Å². The van der Waals surface area contributed by atoms with Crippen molar-refractivity contribution in [2.45, 2.75) is 46.6 Å². The maximum Gasteiger partial charge on any atom is 0.0573 e. The van der Waals surface area contributed by atoms with Crippen LogP contribution in [0.4, 0.5) is 0 Å². The van der Waals surface area contributed by atoms with Crippen molar-refractivity contribution in [2.75, 3.05) is 0 Å². The molecule has 0 aromatic carbocycles. The molecule has 0 radical (unpaired) electrons. The maximum atomic E-state index is 9.87. The van der Waals surface area contributed by atoms with E-state index in [1.807, 2.05) is 6.92 Å². The van der Waals surface area contributed by atoms with Crippen molar-refractivity contribution in [1.82, 2.24) is 0 Å². The van der Waals surface area contributed by atoms with Crippen molar-refractivity contribution in [3.8, 4) is 0 Å². The van der Waals surface area contributed by atoms with Gasteiger partial charge in [0.05, 0.1) is 6.10 Å². The maximum absolute atomic E-state index is 9.87. The third-order valence-electron chi connectivity index (χ3n) is 4.06. The van der Waals surface area contributed by atoms with Crippen molar-refractivity contribution < 1.29 is 5.11 Å². The van der Waals surface area contributed by atoms with Gasteiger partial charge in [-0.05, 0) is 31.6 Å². The fraction of sp³-hybridized carbons (Fsp3) is 0.833. The van der Waals surface area contributed by atoms with E-state index in [4.69, 9.17) is 0 Å². The summed E-state index contributed by atoms with van der Waals surface area (Å²) in [5.74, 6) is 1.12. The van der Waals surface area contributed by atoms with Crippen LogP contribution in [-0.4, -0.2) is 11.2 Å². The van der Waals surface area contributed by atoms with Crippen molar-refractivity contribution in [1.29, 1.82) is 0 Å². The zero-order valence-electron chi connectivity index (χ0n) is 9.25. The first-order valence-corrected chi connectivity index (χ1v) is 5.38. The molecule has 0 spiro atoms. The average molecular weight is 182 g/mol. The number of aliphatic hydroxyl groups excluding tert-OH is 1. The molecule has 1 nitrogen and oxygen atoms in total. The number of hydrogen-bond donors (Lipinski definition) is 1. The van der Waals surface area contributed by atoms with Gasteiger partial charge in [0, 0.05) is 5.41 Å². The monoisotopic (exact) mass is 182 g/mol. The Morgan fingerprint density at radius 1 is 1.62 bits per heavy atom. The van der Waals surface area contributed by atoms with Gasteiger partial charge in [0.2, 0.25) is 0 Å². The molecule has 0 saturated heterocycles. The lowest BCUT2D eigenvalue weighted by Crippen LogP contribution is -2.43. The summed E-state index contributed by atoms with van der Waals surface area (Å²) in [5.41, 5.74) is 0.0729. The van der Waals surface area contributed by atoms with Crippen LogP contribution in [0.3, 0.4) is 0 Å². The molecule has 0 saturated carbocycles. The van der Waals surface area contributed by atoms with Gasteiger partial charge in [-0.2, -0.15) is 0 Å². The predicted octanol–water partition coefficient (Wildman–Crippen LogP) is 3.00. The Kier molecular flexibility index (Phi) is 3.18. The molecule has 1 rings (SSSR count).